The van der Waals surface area contributed by atoms with Gasteiger partial charge in [-0.05, 0) is 24.3 Å². The Labute approximate surface area is 133 Å². The number of nitrogens with one attached hydrogen (secondary N) is 2. The van der Waals surface area contributed by atoms with Crippen LogP contribution in [-0.2, 0) is 9.53 Å². The van der Waals surface area contributed by atoms with Crippen molar-refractivity contribution in [2.75, 3.05) is 33.4 Å². The van der Waals surface area contributed by atoms with Crippen molar-refractivity contribution in [2.45, 2.75) is 17.1 Å². The molecule has 1 aromatic carbocycles. The molecule has 0 saturated heterocycles. The number of hydrogen-bond acceptors (Lipinski definition) is 4. The second-order valence-electron chi connectivity index (χ2n) is 4.36. The first-order valence-corrected chi connectivity index (χ1v) is 8.17. The summed E-state index contributed by atoms with van der Waals surface area (Å²) < 4.78 is 5.97. The van der Waals surface area contributed by atoms with Crippen LogP contribution in [0.1, 0.15) is 6.92 Å². The second kappa shape index (κ2) is 10.2. The highest BCUT2D eigenvalue weighted by Crippen LogP contribution is 2.24. The average Bonchev–Trinajstić information content (AvgIpc) is 2.44. The maximum atomic E-state index is 11.6. The SMILES string of the molecule is COCCNCC(=O)NCC(C)Sc1ccc(Br)cc1. The van der Waals surface area contributed by atoms with Crippen molar-refractivity contribution in [2.24, 2.45) is 0 Å². The van der Waals surface area contributed by atoms with Crippen LogP contribution in [0.5, 0.6) is 0 Å². The van der Waals surface area contributed by atoms with Crippen LogP contribution in [0.4, 0.5) is 0 Å². The Bertz CT molecular complexity index is 401. The van der Waals surface area contributed by atoms with Gasteiger partial charge in [0.15, 0.2) is 0 Å². The number of thioether (sulfide) groups is 1. The highest BCUT2D eigenvalue weighted by molar-refractivity contribution is 9.10. The molecule has 0 fully saturated rings. The predicted molar refractivity (Wildman–Crippen MR) is 87.2 cm³/mol. The van der Waals surface area contributed by atoms with Crippen molar-refractivity contribution >= 4 is 33.6 Å². The lowest BCUT2D eigenvalue weighted by molar-refractivity contribution is -0.120. The summed E-state index contributed by atoms with van der Waals surface area (Å²) in [6, 6.07) is 8.18. The van der Waals surface area contributed by atoms with Gasteiger partial charge in [0.2, 0.25) is 5.91 Å². The topological polar surface area (TPSA) is 50.4 Å². The molecule has 0 aliphatic rings. The first kappa shape index (κ1) is 17.5. The molecule has 0 heterocycles. The fourth-order valence-corrected chi connectivity index (χ4v) is 2.67. The van der Waals surface area contributed by atoms with E-state index >= 15 is 0 Å². The van der Waals surface area contributed by atoms with Gasteiger partial charge in [-0.3, -0.25) is 4.79 Å². The van der Waals surface area contributed by atoms with Crippen molar-refractivity contribution in [3.8, 4) is 0 Å². The number of methoxy groups -OCH3 is 1. The fraction of sp³-hybridized carbons (Fsp3) is 0.500. The van der Waals surface area contributed by atoms with Gasteiger partial charge in [-0.1, -0.05) is 22.9 Å². The number of ether oxygens (including phenoxy) is 1. The molecule has 1 unspecified atom stereocenters. The Balaban J connectivity index is 2.17. The Kier molecular flexibility index (Phi) is 8.93. The van der Waals surface area contributed by atoms with Gasteiger partial charge in [0.05, 0.1) is 13.2 Å². The zero-order valence-corrected chi connectivity index (χ0v) is 14.2. The van der Waals surface area contributed by atoms with E-state index < -0.39 is 0 Å². The average molecular weight is 361 g/mol. The van der Waals surface area contributed by atoms with Crippen molar-refractivity contribution < 1.29 is 9.53 Å². The zero-order chi connectivity index (χ0) is 14.8. The minimum absolute atomic E-state index is 0.0179. The standard InChI is InChI=1S/C14H21BrN2O2S/c1-11(20-13-5-3-12(15)4-6-13)9-17-14(18)10-16-7-8-19-2/h3-6,11,16H,7-10H2,1-2H3,(H,17,18). The Morgan fingerprint density at radius 1 is 1.40 bits per heavy atom. The van der Waals surface area contributed by atoms with E-state index in [1.54, 1.807) is 18.9 Å². The van der Waals surface area contributed by atoms with Crippen molar-refractivity contribution in [1.82, 2.24) is 10.6 Å². The molecule has 6 heteroatoms. The van der Waals surface area contributed by atoms with E-state index in [9.17, 15) is 4.79 Å². The lowest BCUT2D eigenvalue weighted by Crippen LogP contribution is -2.37. The van der Waals surface area contributed by atoms with Crippen LogP contribution >= 0.6 is 27.7 Å². The number of hydrogen-bond donors (Lipinski definition) is 2. The molecule has 112 valence electrons. The van der Waals surface area contributed by atoms with Gasteiger partial charge in [0, 0.05) is 34.8 Å². The number of benzene rings is 1. The zero-order valence-electron chi connectivity index (χ0n) is 11.8. The first-order chi connectivity index (χ1) is 9.61. The third kappa shape index (κ3) is 7.89. The van der Waals surface area contributed by atoms with Crippen LogP contribution in [0.25, 0.3) is 0 Å². The highest BCUT2D eigenvalue weighted by Gasteiger charge is 2.07. The molecule has 1 amide bonds. The van der Waals surface area contributed by atoms with Crippen molar-refractivity contribution in [3.05, 3.63) is 28.7 Å². The number of carbonyl (C=O) groups excluding carboxylic acids is 1. The summed E-state index contributed by atoms with van der Waals surface area (Å²) in [5, 5.41) is 6.27. The third-order valence-electron chi connectivity index (χ3n) is 2.51. The van der Waals surface area contributed by atoms with Crippen LogP contribution in [0.2, 0.25) is 0 Å². The van der Waals surface area contributed by atoms with E-state index in [0.29, 0.717) is 31.5 Å². The van der Waals surface area contributed by atoms with Gasteiger partial charge in [-0.15, -0.1) is 11.8 Å². The number of rotatable bonds is 9. The van der Waals surface area contributed by atoms with Gasteiger partial charge in [-0.25, -0.2) is 0 Å². The highest BCUT2D eigenvalue weighted by atomic mass is 79.9. The summed E-state index contributed by atoms with van der Waals surface area (Å²) in [4.78, 5) is 12.8. The molecular formula is C14H21BrN2O2S. The second-order valence-corrected chi connectivity index (χ2v) is 6.78. The normalized spacial score (nSPS) is 12.2. The van der Waals surface area contributed by atoms with E-state index in [1.807, 2.05) is 12.1 Å². The third-order valence-corrected chi connectivity index (χ3v) is 4.15. The minimum Gasteiger partial charge on any atom is -0.383 e. The lowest BCUT2D eigenvalue weighted by atomic mass is 10.4. The Morgan fingerprint density at radius 3 is 2.75 bits per heavy atom. The van der Waals surface area contributed by atoms with Crippen molar-refractivity contribution in [3.63, 3.8) is 0 Å². The summed E-state index contributed by atoms with van der Waals surface area (Å²) in [5.74, 6) is 0.0179. The summed E-state index contributed by atoms with van der Waals surface area (Å²) in [6.45, 7) is 4.39. The number of halogens is 1. The van der Waals surface area contributed by atoms with Crippen LogP contribution in [0.15, 0.2) is 33.6 Å². The lowest BCUT2D eigenvalue weighted by Gasteiger charge is -2.13. The molecule has 0 bridgehead atoms. The molecule has 1 aromatic rings. The largest absolute Gasteiger partial charge is 0.383 e. The quantitative estimate of drug-likeness (QED) is 0.523. The van der Waals surface area contributed by atoms with Gasteiger partial charge < -0.3 is 15.4 Å². The van der Waals surface area contributed by atoms with E-state index in [0.717, 1.165) is 4.47 Å². The monoisotopic (exact) mass is 360 g/mol. The molecule has 0 aromatic heterocycles. The number of amides is 1. The smallest absolute Gasteiger partial charge is 0.233 e. The Hall–Kier alpha value is -0.560. The minimum atomic E-state index is 0.0179. The van der Waals surface area contributed by atoms with Gasteiger partial charge in [0.25, 0.3) is 0 Å². The summed E-state index contributed by atoms with van der Waals surface area (Å²) in [6.07, 6.45) is 0. The van der Waals surface area contributed by atoms with E-state index in [1.165, 1.54) is 4.90 Å². The van der Waals surface area contributed by atoms with Gasteiger partial charge in [0.1, 0.15) is 0 Å². The van der Waals surface area contributed by atoms with Gasteiger partial charge >= 0.3 is 0 Å². The maximum Gasteiger partial charge on any atom is 0.233 e. The first-order valence-electron chi connectivity index (χ1n) is 6.50. The maximum absolute atomic E-state index is 11.6. The molecule has 2 N–H and O–H groups in total. The molecule has 1 rings (SSSR count). The molecule has 1 atom stereocenters. The summed E-state index contributed by atoms with van der Waals surface area (Å²) >= 11 is 5.16. The molecule has 0 radical (unpaired) electrons. The van der Waals surface area contributed by atoms with Crippen LogP contribution in [0.3, 0.4) is 0 Å². The van der Waals surface area contributed by atoms with Gasteiger partial charge in [-0.2, -0.15) is 0 Å². The predicted octanol–water partition coefficient (Wildman–Crippen LogP) is 2.28. The van der Waals surface area contributed by atoms with Crippen molar-refractivity contribution in [1.29, 1.82) is 0 Å². The van der Waals surface area contributed by atoms with Crippen LogP contribution in [-0.4, -0.2) is 44.5 Å². The molecule has 0 aliphatic heterocycles. The molecule has 0 aliphatic carbocycles. The van der Waals surface area contributed by atoms with Crippen LogP contribution in [0, 0.1) is 0 Å². The van der Waals surface area contributed by atoms with E-state index in [4.69, 9.17) is 4.74 Å². The molecule has 20 heavy (non-hydrogen) atoms. The Morgan fingerprint density at radius 2 is 2.10 bits per heavy atom. The summed E-state index contributed by atoms with van der Waals surface area (Å²) in [7, 11) is 1.64. The molecule has 0 saturated carbocycles. The van der Waals surface area contributed by atoms with Crippen LogP contribution < -0.4 is 10.6 Å². The molecule has 4 nitrogen and oxygen atoms in total. The number of carbonyl (C=O) groups is 1. The molecular weight excluding hydrogens is 340 g/mol. The van der Waals surface area contributed by atoms with E-state index in [2.05, 4.69) is 45.6 Å². The van der Waals surface area contributed by atoms with E-state index in [-0.39, 0.29) is 5.91 Å². The summed E-state index contributed by atoms with van der Waals surface area (Å²) in [5.41, 5.74) is 0. The fourth-order valence-electron chi connectivity index (χ4n) is 1.48. The molecule has 0 spiro atoms.